The molecule has 1 fully saturated rings. The molecule has 1 heterocycles. The second kappa shape index (κ2) is 5.08. The molecule has 5 nitrogen and oxygen atoms in total. The van der Waals surface area contributed by atoms with Crippen LogP contribution in [0, 0.1) is 0 Å². The minimum Gasteiger partial charge on any atom is -0.334 e. The Labute approximate surface area is 106 Å². The van der Waals surface area contributed by atoms with Crippen LogP contribution in [-0.2, 0) is 16.1 Å². The molecule has 1 aromatic rings. The molecule has 2 rings (SSSR count). The van der Waals surface area contributed by atoms with E-state index in [0.29, 0.717) is 6.42 Å². The molecule has 1 atom stereocenters. The van der Waals surface area contributed by atoms with Gasteiger partial charge < -0.3 is 10.2 Å². The molecule has 1 aromatic carbocycles. The molecule has 1 saturated heterocycles. The predicted molar refractivity (Wildman–Crippen MR) is 65.5 cm³/mol. The first-order valence-corrected chi connectivity index (χ1v) is 5.93. The highest BCUT2D eigenvalue weighted by Gasteiger charge is 2.35. The van der Waals surface area contributed by atoms with Gasteiger partial charge in [0.05, 0.1) is 6.04 Å². The Kier molecular flexibility index (Phi) is 3.50. The van der Waals surface area contributed by atoms with E-state index in [1.165, 1.54) is 0 Å². The highest BCUT2D eigenvalue weighted by molar-refractivity contribution is 5.87. The van der Waals surface area contributed by atoms with E-state index < -0.39 is 12.0 Å². The zero-order valence-corrected chi connectivity index (χ0v) is 10.4. The number of hydroxylamine groups is 2. The van der Waals surface area contributed by atoms with Gasteiger partial charge in [-0.25, -0.2) is 9.59 Å². The molecule has 0 saturated carbocycles. The second-order valence-electron chi connectivity index (χ2n) is 4.52. The second-order valence-corrected chi connectivity index (χ2v) is 4.52. The van der Waals surface area contributed by atoms with Crippen LogP contribution in [0.1, 0.15) is 19.4 Å². The molecule has 2 amide bonds. The van der Waals surface area contributed by atoms with Gasteiger partial charge in [0.1, 0.15) is 6.04 Å². The number of nitrogens with one attached hydrogen (secondary N) is 1. The minimum atomic E-state index is -0.616. The maximum atomic E-state index is 11.8. The fourth-order valence-electron chi connectivity index (χ4n) is 1.80. The van der Waals surface area contributed by atoms with E-state index >= 15 is 0 Å². The van der Waals surface area contributed by atoms with Crippen molar-refractivity contribution < 1.29 is 14.4 Å². The molecule has 0 aliphatic carbocycles. The van der Waals surface area contributed by atoms with E-state index in [2.05, 4.69) is 5.32 Å². The van der Waals surface area contributed by atoms with Gasteiger partial charge in [-0.1, -0.05) is 30.3 Å². The van der Waals surface area contributed by atoms with Gasteiger partial charge in [-0.3, -0.25) is 0 Å². The summed E-state index contributed by atoms with van der Waals surface area (Å²) in [5, 5.41) is 3.72. The van der Waals surface area contributed by atoms with E-state index in [1.807, 2.05) is 30.3 Å². The van der Waals surface area contributed by atoms with Crippen LogP contribution in [0.4, 0.5) is 4.79 Å². The van der Waals surface area contributed by atoms with Crippen molar-refractivity contribution in [2.45, 2.75) is 32.4 Å². The maximum Gasteiger partial charge on any atom is 0.355 e. The zero-order valence-electron chi connectivity index (χ0n) is 10.4. The highest BCUT2D eigenvalue weighted by Crippen LogP contribution is 2.12. The summed E-state index contributed by atoms with van der Waals surface area (Å²) in [6.45, 7) is 3.56. The third-order valence-corrected chi connectivity index (χ3v) is 2.72. The van der Waals surface area contributed by atoms with Crippen LogP contribution in [0.25, 0.3) is 0 Å². The van der Waals surface area contributed by atoms with E-state index in [4.69, 9.17) is 4.84 Å². The van der Waals surface area contributed by atoms with E-state index in [-0.39, 0.29) is 12.1 Å². The molecule has 0 radical (unpaired) electrons. The molecule has 0 unspecified atom stereocenters. The third-order valence-electron chi connectivity index (χ3n) is 2.72. The monoisotopic (exact) mass is 248 g/mol. The average molecular weight is 248 g/mol. The Morgan fingerprint density at radius 3 is 2.56 bits per heavy atom. The van der Waals surface area contributed by atoms with Crippen LogP contribution in [-0.4, -0.2) is 29.1 Å². The Morgan fingerprint density at radius 1 is 1.28 bits per heavy atom. The molecular formula is C13H16N2O3. The predicted octanol–water partition coefficient (Wildman–Crippen LogP) is 1.49. The Hall–Kier alpha value is -2.04. The summed E-state index contributed by atoms with van der Waals surface area (Å²) in [5.74, 6) is -0.424. The zero-order chi connectivity index (χ0) is 13.1. The van der Waals surface area contributed by atoms with Gasteiger partial charge in [0.2, 0.25) is 0 Å². The SMILES string of the molecule is CC(C)N1OC(=O)[C@@H](Cc2ccccc2)NC1=O. The number of amides is 2. The summed E-state index contributed by atoms with van der Waals surface area (Å²) in [6, 6.07) is 8.36. The summed E-state index contributed by atoms with van der Waals surface area (Å²) in [6.07, 6.45) is 0.442. The molecule has 0 aromatic heterocycles. The van der Waals surface area contributed by atoms with Gasteiger partial charge in [0.25, 0.3) is 0 Å². The summed E-state index contributed by atoms with van der Waals surface area (Å²) < 4.78 is 0. The van der Waals surface area contributed by atoms with Crippen molar-refractivity contribution in [3.8, 4) is 0 Å². The van der Waals surface area contributed by atoms with Crippen LogP contribution >= 0.6 is 0 Å². The fourth-order valence-corrected chi connectivity index (χ4v) is 1.80. The number of hydrogen-bond donors (Lipinski definition) is 1. The average Bonchev–Trinajstić information content (AvgIpc) is 2.34. The lowest BCUT2D eigenvalue weighted by Gasteiger charge is -2.32. The summed E-state index contributed by atoms with van der Waals surface area (Å²) in [5.41, 5.74) is 0.984. The van der Waals surface area contributed by atoms with E-state index in [9.17, 15) is 9.59 Å². The summed E-state index contributed by atoms with van der Waals surface area (Å²) >= 11 is 0. The van der Waals surface area contributed by atoms with Gasteiger partial charge in [0, 0.05) is 6.42 Å². The van der Waals surface area contributed by atoms with E-state index in [1.54, 1.807) is 13.8 Å². The summed E-state index contributed by atoms with van der Waals surface area (Å²) in [4.78, 5) is 28.5. The lowest BCUT2D eigenvalue weighted by Crippen LogP contribution is -2.58. The lowest BCUT2D eigenvalue weighted by atomic mass is 10.1. The lowest BCUT2D eigenvalue weighted by molar-refractivity contribution is -0.192. The minimum absolute atomic E-state index is 0.174. The Balaban J connectivity index is 2.04. The first-order valence-electron chi connectivity index (χ1n) is 5.93. The number of carbonyl (C=O) groups is 2. The Bertz CT molecular complexity index is 445. The number of rotatable bonds is 3. The maximum absolute atomic E-state index is 11.8. The van der Waals surface area contributed by atoms with Crippen molar-refractivity contribution in [1.82, 2.24) is 10.4 Å². The molecule has 96 valence electrons. The molecule has 1 N–H and O–H groups in total. The molecular weight excluding hydrogens is 232 g/mol. The van der Waals surface area contributed by atoms with Gasteiger partial charge in [-0.2, -0.15) is 5.06 Å². The van der Waals surface area contributed by atoms with Crippen molar-refractivity contribution in [1.29, 1.82) is 0 Å². The van der Waals surface area contributed by atoms with Crippen LogP contribution in [0.3, 0.4) is 0 Å². The van der Waals surface area contributed by atoms with Crippen molar-refractivity contribution in [2.24, 2.45) is 0 Å². The molecule has 0 bridgehead atoms. The molecule has 5 heteroatoms. The van der Waals surface area contributed by atoms with Crippen molar-refractivity contribution in [3.05, 3.63) is 35.9 Å². The van der Waals surface area contributed by atoms with Crippen molar-refractivity contribution in [2.75, 3.05) is 0 Å². The van der Waals surface area contributed by atoms with Gasteiger partial charge in [0.15, 0.2) is 0 Å². The molecule has 0 spiro atoms. The van der Waals surface area contributed by atoms with E-state index in [0.717, 1.165) is 10.6 Å². The fraction of sp³-hybridized carbons (Fsp3) is 0.385. The topological polar surface area (TPSA) is 58.6 Å². The third kappa shape index (κ3) is 2.61. The number of benzene rings is 1. The van der Waals surface area contributed by atoms with Gasteiger partial charge in [-0.15, -0.1) is 0 Å². The first kappa shape index (κ1) is 12.4. The van der Waals surface area contributed by atoms with Gasteiger partial charge in [-0.05, 0) is 19.4 Å². The van der Waals surface area contributed by atoms with Crippen LogP contribution in [0.2, 0.25) is 0 Å². The standard InChI is InChI=1S/C13H16N2O3/c1-9(2)15-13(17)14-11(12(16)18-15)8-10-6-4-3-5-7-10/h3-7,9,11H,8H2,1-2H3,(H,14,17)/t11-/m1/s1. The summed E-state index contributed by atoms with van der Waals surface area (Å²) in [7, 11) is 0. The van der Waals surface area contributed by atoms with Crippen LogP contribution < -0.4 is 5.32 Å². The number of urea groups is 1. The Morgan fingerprint density at radius 2 is 1.94 bits per heavy atom. The van der Waals surface area contributed by atoms with Crippen molar-refractivity contribution in [3.63, 3.8) is 0 Å². The van der Waals surface area contributed by atoms with Crippen LogP contribution in [0.15, 0.2) is 30.3 Å². The largest absolute Gasteiger partial charge is 0.355 e. The molecule has 1 aliphatic rings. The highest BCUT2D eigenvalue weighted by atomic mass is 16.7. The molecule has 18 heavy (non-hydrogen) atoms. The smallest absolute Gasteiger partial charge is 0.334 e. The van der Waals surface area contributed by atoms with Gasteiger partial charge >= 0.3 is 12.0 Å². The quantitative estimate of drug-likeness (QED) is 0.881. The normalized spacial score (nSPS) is 19.7. The van der Waals surface area contributed by atoms with Crippen molar-refractivity contribution >= 4 is 12.0 Å². The van der Waals surface area contributed by atoms with Crippen LogP contribution in [0.5, 0.6) is 0 Å². The first-order chi connectivity index (χ1) is 8.58. The number of nitrogens with zero attached hydrogens (tertiary/aromatic N) is 1. The number of carbonyl (C=O) groups excluding carboxylic acids is 2. The molecule has 1 aliphatic heterocycles. The number of hydrogen-bond acceptors (Lipinski definition) is 3.